The Kier molecular flexibility index (Phi) is 5.53. The van der Waals surface area contributed by atoms with Crippen LogP contribution in [0, 0.1) is 17.8 Å². The molecule has 2 atom stereocenters. The molecule has 0 saturated heterocycles. The molecule has 0 spiro atoms. The first-order chi connectivity index (χ1) is 14.1. The first kappa shape index (κ1) is 19.1. The first-order valence-electron chi connectivity index (χ1n) is 9.96. The van der Waals surface area contributed by atoms with E-state index in [9.17, 15) is 4.79 Å². The molecule has 1 saturated carbocycles. The van der Waals surface area contributed by atoms with Crippen LogP contribution in [0.25, 0.3) is 10.9 Å². The van der Waals surface area contributed by atoms with Crippen LogP contribution in [0.2, 0.25) is 0 Å². The van der Waals surface area contributed by atoms with Crippen LogP contribution in [0.5, 0.6) is 5.75 Å². The molecule has 2 aromatic carbocycles. The van der Waals surface area contributed by atoms with Crippen LogP contribution >= 0.6 is 0 Å². The summed E-state index contributed by atoms with van der Waals surface area (Å²) >= 11 is 0. The number of benzene rings is 2. The van der Waals surface area contributed by atoms with Gasteiger partial charge in [-0.25, -0.2) is 0 Å². The molecule has 1 aliphatic carbocycles. The highest BCUT2D eigenvalue weighted by Crippen LogP contribution is 2.40. The Morgan fingerprint density at radius 1 is 1.24 bits per heavy atom. The summed E-state index contributed by atoms with van der Waals surface area (Å²) in [5.74, 6) is 6.16. The number of H-pyrrole nitrogens is 1. The van der Waals surface area contributed by atoms with Crippen molar-refractivity contribution in [2.45, 2.75) is 44.6 Å². The van der Waals surface area contributed by atoms with Gasteiger partial charge in [-0.15, -0.1) is 5.92 Å². The summed E-state index contributed by atoms with van der Waals surface area (Å²) in [4.78, 5) is 11.1. The summed E-state index contributed by atoms with van der Waals surface area (Å²) in [5, 5.41) is 17.3. The lowest BCUT2D eigenvalue weighted by Crippen LogP contribution is -2.09. The van der Waals surface area contributed by atoms with Gasteiger partial charge < -0.3 is 9.84 Å². The average Bonchev–Trinajstić information content (AvgIpc) is 3.40. The molecule has 1 aliphatic rings. The Labute approximate surface area is 170 Å². The summed E-state index contributed by atoms with van der Waals surface area (Å²) in [6, 6.07) is 13.9. The van der Waals surface area contributed by atoms with E-state index in [2.05, 4.69) is 34.2 Å². The van der Waals surface area contributed by atoms with Gasteiger partial charge in [0.1, 0.15) is 11.9 Å². The highest BCUT2D eigenvalue weighted by molar-refractivity contribution is 5.78. The van der Waals surface area contributed by atoms with E-state index >= 15 is 0 Å². The van der Waals surface area contributed by atoms with Gasteiger partial charge >= 0.3 is 5.97 Å². The number of nitrogens with zero attached hydrogens (tertiary/aromatic N) is 1. The zero-order valence-corrected chi connectivity index (χ0v) is 16.4. The third-order valence-electron chi connectivity index (χ3n) is 5.34. The van der Waals surface area contributed by atoms with E-state index in [1.165, 1.54) is 12.8 Å². The van der Waals surface area contributed by atoms with Crippen LogP contribution in [-0.4, -0.2) is 21.3 Å². The van der Waals surface area contributed by atoms with E-state index in [0.29, 0.717) is 0 Å². The lowest BCUT2D eigenvalue weighted by atomic mass is 9.96. The van der Waals surface area contributed by atoms with Crippen molar-refractivity contribution in [3.05, 3.63) is 59.8 Å². The number of aliphatic carboxylic acids is 1. The third kappa shape index (κ3) is 4.78. The molecule has 0 unspecified atom stereocenters. The molecule has 5 nitrogen and oxygen atoms in total. The highest BCUT2D eigenvalue weighted by Gasteiger charge is 2.28. The van der Waals surface area contributed by atoms with Crippen molar-refractivity contribution in [3.63, 3.8) is 0 Å². The quantitative estimate of drug-likeness (QED) is 0.529. The first-order valence-corrected chi connectivity index (χ1v) is 9.96. The Morgan fingerprint density at radius 2 is 2.00 bits per heavy atom. The minimum Gasteiger partial charge on any atom is -0.486 e. The summed E-state index contributed by atoms with van der Waals surface area (Å²) in [6.07, 6.45) is 5.33. The largest absolute Gasteiger partial charge is 0.486 e. The molecular weight excluding hydrogens is 364 g/mol. The number of fused-ring (bicyclic) bond motifs is 1. The molecule has 148 valence electrons. The number of carboxylic acid groups (broad SMARTS) is 1. The number of nitrogens with one attached hydrogen (secondary N) is 1. The fourth-order valence-electron chi connectivity index (χ4n) is 3.61. The SMILES string of the molecule is CC#C[C@@H](CC(=O)O)c1ccc(O[C@@H](CC2CC2)c2ccc3[nH]ncc3c2)cc1. The van der Waals surface area contributed by atoms with Crippen molar-refractivity contribution < 1.29 is 14.6 Å². The van der Waals surface area contributed by atoms with E-state index in [1.807, 2.05) is 36.5 Å². The maximum absolute atomic E-state index is 11.1. The summed E-state index contributed by atoms with van der Waals surface area (Å²) in [6.45, 7) is 1.73. The fraction of sp³-hybridized carbons (Fsp3) is 0.333. The number of carbonyl (C=O) groups is 1. The molecule has 0 bridgehead atoms. The van der Waals surface area contributed by atoms with Gasteiger partial charge in [0.25, 0.3) is 0 Å². The predicted octanol–water partition coefficient (Wildman–Crippen LogP) is 5.06. The predicted molar refractivity (Wildman–Crippen MR) is 112 cm³/mol. The zero-order chi connectivity index (χ0) is 20.2. The molecule has 29 heavy (non-hydrogen) atoms. The number of aromatic amines is 1. The second-order valence-electron chi connectivity index (χ2n) is 7.62. The zero-order valence-electron chi connectivity index (χ0n) is 16.4. The van der Waals surface area contributed by atoms with Crippen LogP contribution < -0.4 is 4.74 Å². The number of hydrogen-bond donors (Lipinski definition) is 2. The van der Waals surface area contributed by atoms with Crippen molar-refractivity contribution in [2.24, 2.45) is 5.92 Å². The van der Waals surface area contributed by atoms with Crippen molar-refractivity contribution in [3.8, 4) is 17.6 Å². The Bertz CT molecular complexity index is 1050. The molecule has 2 N–H and O–H groups in total. The fourth-order valence-corrected chi connectivity index (χ4v) is 3.61. The van der Waals surface area contributed by atoms with E-state index in [4.69, 9.17) is 9.84 Å². The normalized spacial score (nSPS) is 15.3. The molecule has 0 radical (unpaired) electrons. The van der Waals surface area contributed by atoms with Crippen molar-refractivity contribution in [1.82, 2.24) is 10.2 Å². The number of carboxylic acids is 1. The van der Waals surface area contributed by atoms with E-state index in [1.54, 1.807) is 6.92 Å². The number of hydrogen-bond acceptors (Lipinski definition) is 3. The topological polar surface area (TPSA) is 75.2 Å². The van der Waals surface area contributed by atoms with E-state index in [-0.39, 0.29) is 18.4 Å². The van der Waals surface area contributed by atoms with Gasteiger partial charge in [-0.2, -0.15) is 5.10 Å². The van der Waals surface area contributed by atoms with Gasteiger partial charge in [0.05, 0.1) is 24.1 Å². The van der Waals surface area contributed by atoms with Gasteiger partial charge in [0.15, 0.2) is 0 Å². The average molecular weight is 388 g/mol. The standard InChI is InChI=1S/C24H24N2O3/c1-2-3-18(14-24(27)28)17-6-9-21(10-7-17)29-23(12-16-4-5-16)19-8-11-22-20(13-19)15-25-26-22/h6-11,13,15-16,18,23H,4-5,12,14H2,1H3,(H,25,26)(H,27,28)/t18-,23-/m0/s1. The van der Waals surface area contributed by atoms with Crippen molar-refractivity contribution >= 4 is 16.9 Å². The van der Waals surface area contributed by atoms with Crippen LogP contribution in [0.15, 0.2) is 48.7 Å². The Morgan fingerprint density at radius 3 is 2.69 bits per heavy atom. The third-order valence-corrected chi connectivity index (χ3v) is 5.34. The number of rotatable bonds is 8. The van der Waals surface area contributed by atoms with Crippen LogP contribution in [-0.2, 0) is 4.79 Å². The number of ether oxygens (including phenoxy) is 1. The molecule has 5 heteroatoms. The van der Waals surface area contributed by atoms with Crippen molar-refractivity contribution in [2.75, 3.05) is 0 Å². The second-order valence-corrected chi connectivity index (χ2v) is 7.62. The van der Waals surface area contributed by atoms with Crippen molar-refractivity contribution in [1.29, 1.82) is 0 Å². The van der Waals surface area contributed by atoms with Gasteiger partial charge in [-0.05, 0) is 54.7 Å². The Balaban J connectivity index is 1.53. The van der Waals surface area contributed by atoms with Crippen LogP contribution in [0.3, 0.4) is 0 Å². The molecule has 4 rings (SSSR count). The maximum atomic E-state index is 11.1. The minimum absolute atomic E-state index is 0.00391. The molecule has 1 fully saturated rings. The Hall–Kier alpha value is -3.26. The molecule has 3 aromatic rings. The second kappa shape index (κ2) is 8.40. The van der Waals surface area contributed by atoms with Gasteiger partial charge in [-0.1, -0.05) is 37.0 Å². The highest BCUT2D eigenvalue weighted by atomic mass is 16.5. The van der Waals surface area contributed by atoms with E-state index in [0.717, 1.165) is 40.1 Å². The molecule has 0 aliphatic heterocycles. The molecule has 1 aromatic heterocycles. The molecule has 0 amide bonds. The molecular formula is C24H24N2O3. The van der Waals surface area contributed by atoms with Gasteiger partial charge in [-0.3, -0.25) is 9.89 Å². The minimum atomic E-state index is -0.850. The molecule has 1 heterocycles. The van der Waals surface area contributed by atoms with E-state index < -0.39 is 5.97 Å². The maximum Gasteiger partial charge on any atom is 0.304 e. The van der Waals surface area contributed by atoms with Gasteiger partial charge in [0.2, 0.25) is 0 Å². The van der Waals surface area contributed by atoms with Gasteiger partial charge in [0, 0.05) is 5.39 Å². The van der Waals surface area contributed by atoms with Crippen LogP contribution in [0.4, 0.5) is 0 Å². The lowest BCUT2D eigenvalue weighted by Gasteiger charge is -2.20. The smallest absolute Gasteiger partial charge is 0.304 e. The summed E-state index contributed by atoms with van der Waals surface area (Å²) in [5.41, 5.74) is 3.06. The monoisotopic (exact) mass is 388 g/mol. The lowest BCUT2D eigenvalue weighted by molar-refractivity contribution is -0.137. The number of aromatic nitrogens is 2. The van der Waals surface area contributed by atoms with Crippen LogP contribution in [0.1, 0.15) is 55.8 Å². The summed E-state index contributed by atoms with van der Waals surface area (Å²) < 4.78 is 6.37. The summed E-state index contributed by atoms with van der Waals surface area (Å²) in [7, 11) is 0.